The Bertz CT molecular complexity index is 1110. The number of hydrogen-bond acceptors (Lipinski definition) is 5. The molecule has 3 rings (SSSR count). The fraction of sp³-hybridized carbons (Fsp3) is 0.273. The molecule has 7 nitrogen and oxygen atoms in total. The quantitative estimate of drug-likeness (QED) is 0.421. The minimum Gasteiger partial charge on any atom is -0.326 e. The molecule has 0 aliphatic heterocycles. The Kier molecular flexibility index (Phi) is 7.76. The van der Waals surface area contributed by atoms with Crippen molar-refractivity contribution in [1.29, 1.82) is 0 Å². The van der Waals surface area contributed by atoms with Crippen LogP contribution in [0.15, 0.2) is 42.5 Å². The van der Waals surface area contributed by atoms with Crippen LogP contribution >= 0.6 is 22.9 Å². The van der Waals surface area contributed by atoms with Crippen molar-refractivity contribution in [2.75, 3.05) is 10.6 Å². The molecule has 0 aliphatic rings. The fourth-order valence-electron chi connectivity index (χ4n) is 2.85. The number of aryl methyl sites for hydroxylation is 1. The van der Waals surface area contributed by atoms with Gasteiger partial charge in [-0.3, -0.25) is 10.1 Å². The largest absolute Gasteiger partial charge is 0.326 e. The number of benzene rings is 2. The predicted octanol–water partition coefficient (Wildman–Crippen LogP) is 5.48. The van der Waals surface area contributed by atoms with Gasteiger partial charge in [0.2, 0.25) is 11.0 Å². The summed E-state index contributed by atoms with van der Waals surface area (Å²) in [6, 6.07) is 10.2. The van der Waals surface area contributed by atoms with Crippen LogP contribution < -0.4 is 16.0 Å². The summed E-state index contributed by atoms with van der Waals surface area (Å²) in [5, 5.41) is 17.1. The van der Waals surface area contributed by atoms with E-state index in [9.17, 15) is 14.0 Å². The molecular formula is C22H23ClFN5O2S. The smallest absolute Gasteiger partial charge is 0.319 e. The standard InChI is InChI=1S/C22H23ClFN5O2S/c1-4-13(3)18(26-21(31)25-15-9-10-17(24)16(23)11-15)19(30)27-22-29-28-20(32-22)14-7-5-12(2)6-8-14/h5-11,13,18H,4H2,1-3H3,(H2,25,26,31)(H,27,29,30)/t13-,18+/m1/s1. The summed E-state index contributed by atoms with van der Waals surface area (Å²) < 4.78 is 13.3. The van der Waals surface area contributed by atoms with Gasteiger partial charge in [-0.25, -0.2) is 9.18 Å². The Morgan fingerprint density at radius 2 is 1.84 bits per heavy atom. The summed E-state index contributed by atoms with van der Waals surface area (Å²) in [6.45, 7) is 5.78. The number of rotatable bonds is 7. The molecule has 2 aromatic carbocycles. The van der Waals surface area contributed by atoms with Gasteiger partial charge in [-0.2, -0.15) is 0 Å². The van der Waals surface area contributed by atoms with E-state index in [1.54, 1.807) is 0 Å². The third kappa shape index (κ3) is 6.02. The second kappa shape index (κ2) is 10.5. The highest BCUT2D eigenvalue weighted by Gasteiger charge is 2.27. The Balaban J connectivity index is 1.67. The number of urea groups is 1. The summed E-state index contributed by atoms with van der Waals surface area (Å²) in [5.74, 6) is -1.14. The molecular weight excluding hydrogens is 453 g/mol. The number of carbonyl (C=O) groups excluding carboxylic acids is 2. The number of amides is 3. The molecule has 0 bridgehead atoms. The molecule has 0 aliphatic carbocycles. The number of halogens is 2. The average molecular weight is 476 g/mol. The first-order valence-corrected chi connectivity index (χ1v) is 11.2. The van der Waals surface area contributed by atoms with Gasteiger partial charge < -0.3 is 10.6 Å². The average Bonchev–Trinajstić information content (AvgIpc) is 3.23. The first kappa shape index (κ1) is 23.6. The van der Waals surface area contributed by atoms with E-state index < -0.39 is 23.8 Å². The van der Waals surface area contributed by atoms with Crippen LogP contribution in [0, 0.1) is 18.7 Å². The van der Waals surface area contributed by atoms with Gasteiger partial charge in [0, 0.05) is 11.3 Å². The molecule has 168 valence electrons. The van der Waals surface area contributed by atoms with Crippen LogP contribution in [-0.2, 0) is 4.79 Å². The van der Waals surface area contributed by atoms with E-state index in [1.807, 2.05) is 45.0 Å². The van der Waals surface area contributed by atoms with Crippen LogP contribution in [0.25, 0.3) is 10.6 Å². The molecule has 0 saturated carbocycles. The van der Waals surface area contributed by atoms with Crippen LogP contribution in [0.5, 0.6) is 0 Å². The molecule has 10 heteroatoms. The van der Waals surface area contributed by atoms with Gasteiger partial charge in [-0.15, -0.1) is 10.2 Å². The van der Waals surface area contributed by atoms with Gasteiger partial charge >= 0.3 is 6.03 Å². The molecule has 0 saturated heterocycles. The van der Waals surface area contributed by atoms with Gasteiger partial charge in [-0.05, 0) is 31.0 Å². The molecule has 3 N–H and O–H groups in total. The van der Waals surface area contributed by atoms with Gasteiger partial charge in [0.25, 0.3) is 0 Å². The van der Waals surface area contributed by atoms with Crippen molar-refractivity contribution in [1.82, 2.24) is 15.5 Å². The van der Waals surface area contributed by atoms with Crippen LogP contribution in [0.1, 0.15) is 25.8 Å². The summed E-state index contributed by atoms with van der Waals surface area (Å²) in [5.41, 5.74) is 2.35. The van der Waals surface area contributed by atoms with Crippen LogP contribution in [0.4, 0.5) is 20.0 Å². The zero-order valence-electron chi connectivity index (χ0n) is 17.8. The summed E-state index contributed by atoms with van der Waals surface area (Å²) >= 11 is 7.00. The first-order valence-electron chi connectivity index (χ1n) is 10.0. The number of aromatic nitrogens is 2. The highest BCUT2D eigenvalue weighted by molar-refractivity contribution is 7.18. The Hall–Kier alpha value is -3.04. The SMILES string of the molecule is CC[C@@H](C)[C@H](NC(=O)Nc1ccc(F)c(Cl)c1)C(=O)Nc1nnc(-c2ccc(C)cc2)s1. The van der Waals surface area contributed by atoms with E-state index in [4.69, 9.17) is 11.6 Å². The lowest BCUT2D eigenvalue weighted by molar-refractivity contribution is -0.119. The maximum absolute atomic E-state index is 13.3. The predicted molar refractivity (Wildman–Crippen MR) is 126 cm³/mol. The molecule has 0 radical (unpaired) electrons. The molecule has 0 spiro atoms. The first-order chi connectivity index (χ1) is 15.3. The lowest BCUT2D eigenvalue weighted by Gasteiger charge is -2.23. The molecule has 0 unspecified atom stereocenters. The minimum atomic E-state index is -0.817. The van der Waals surface area contributed by atoms with Gasteiger partial charge in [0.15, 0.2) is 0 Å². The van der Waals surface area contributed by atoms with Crippen molar-refractivity contribution in [2.45, 2.75) is 33.2 Å². The Labute approximate surface area is 194 Å². The van der Waals surface area contributed by atoms with E-state index >= 15 is 0 Å². The fourth-order valence-corrected chi connectivity index (χ4v) is 3.79. The second-order valence-corrected chi connectivity index (χ2v) is 8.74. The molecule has 3 amide bonds. The van der Waals surface area contributed by atoms with E-state index in [2.05, 4.69) is 26.1 Å². The molecule has 0 fully saturated rings. The number of anilines is 2. The van der Waals surface area contributed by atoms with Crippen LogP contribution in [0.3, 0.4) is 0 Å². The van der Waals surface area contributed by atoms with E-state index in [0.29, 0.717) is 22.2 Å². The van der Waals surface area contributed by atoms with Crippen molar-refractivity contribution in [2.24, 2.45) is 5.92 Å². The second-order valence-electron chi connectivity index (χ2n) is 7.36. The normalized spacial score (nSPS) is 12.7. The minimum absolute atomic E-state index is 0.111. The van der Waals surface area contributed by atoms with Crippen molar-refractivity contribution in [3.8, 4) is 10.6 Å². The number of carbonyl (C=O) groups is 2. The molecule has 3 aromatic rings. The lowest BCUT2D eigenvalue weighted by atomic mass is 9.98. The molecule has 1 heterocycles. The van der Waals surface area contributed by atoms with Crippen LogP contribution in [-0.4, -0.2) is 28.2 Å². The van der Waals surface area contributed by atoms with Crippen molar-refractivity contribution in [3.63, 3.8) is 0 Å². The third-order valence-electron chi connectivity index (χ3n) is 4.91. The maximum Gasteiger partial charge on any atom is 0.319 e. The van der Waals surface area contributed by atoms with Gasteiger partial charge in [0.1, 0.15) is 16.9 Å². The van der Waals surface area contributed by atoms with Crippen LogP contribution in [0.2, 0.25) is 5.02 Å². The topological polar surface area (TPSA) is 96.0 Å². The van der Waals surface area contributed by atoms with E-state index in [-0.39, 0.29) is 10.9 Å². The third-order valence-corrected chi connectivity index (χ3v) is 6.09. The molecule has 32 heavy (non-hydrogen) atoms. The highest BCUT2D eigenvalue weighted by Crippen LogP contribution is 2.27. The molecule has 2 atom stereocenters. The van der Waals surface area contributed by atoms with E-state index in [0.717, 1.165) is 17.2 Å². The zero-order valence-corrected chi connectivity index (χ0v) is 19.4. The zero-order chi connectivity index (χ0) is 23.3. The Morgan fingerprint density at radius 1 is 1.12 bits per heavy atom. The van der Waals surface area contributed by atoms with Crippen molar-refractivity contribution >= 4 is 45.7 Å². The lowest BCUT2D eigenvalue weighted by Crippen LogP contribution is -2.49. The number of nitrogens with zero attached hydrogens (tertiary/aromatic N) is 2. The van der Waals surface area contributed by atoms with Gasteiger partial charge in [-0.1, -0.05) is 73.0 Å². The summed E-state index contributed by atoms with van der Waals surface area (Å²) in [4.78, 5) is 25.4. The maximum atomic E-state index is 13.3. The van der Waals surface area contributed by atoms with Gasteiger partial charge in [0.05, 0.1) is 5.02 Å². The van der Waals surface area contributed by atoms with Crippen molar-refractivity contribution in [3.05, 3.63) is 58.9 Å². The molecule has 1 aromatic heterocycles. The van der Waals surface area contributed by atoms with Crippen molar-refractivity contribution < 1.29 is 14.0 Å². The highest BCUT2D eigenvalue weighted by atomic mass is 35.5. The monoisotopic (exact) mass is 475 g/mol. The number of hydrogen-bond donors (Lipinski definition) is 3. The Morgan fingerprint density at radius 3 is 2.50 bits per heavy atom. The summed E-state index contributed by atoms with van der Waals surface area (Å²) in [7, 11) is 0. The van der Waals surface area contributed by atoms with E-state index in [1.165, 1.54) is 23.5 Å². The summed E-state index contributed by atoms with van der Waals surface area (Å²) in [6.07, 6.45) is 0.658. The number of nitrogens with one attached hydrogen (secondary N) is 3.